The first kappa shape index (κ1) is 56.6. The number of nitrogens with zero attached hydrogens (tertiary/aromatic N) is 4. The van der Waals surface area contributed by atoms with Gasteiger partial charge in [-0.05, 0) is 55.2 Å². The molecule has 0 saturated heterocycles. The van der Waals surface area contributed by atoms with Crippen LogP contribution in [0.2, 0.25) is 0 Å². The third-order valence-corrected chi connectivity index (χ3v) is 12.3. The zero-order valence-electron chi connectivity index (χ0n) is 41.4. The van der Waals surface area contributed by atoms with E-state index in [1.54, 1.807) is 35.9 Å². The molecule has 2 saturated carbocycles. The topological polar surface area (TPSA) is 202 Å². The molecule has 0 bridgehead atoms. The second-order valence-electron chi connectivity index (χ2n) is 17.5. The first-order chi connectivity index (χ1) is 34.4. The van der Waals surface area contributed by atoms with E-state index in [2.05, 4.69) is 0 Å². The quantitative estimate of drug-likeness (QED) is 0.0540. The average molecular weight is 983 g/mol. The monoisotopic (exact) mass is 983 g/mol. The van der Waals surface area contributed by atoms with Crippen LogP contribution in [0.1, 0.15) is 80.1 Å². The summed E-state index contributed by atoms with van der Waals surface area (Å²) in [6, 6.07) is 16.5. The number of fused-ring (bicyclic) bond motifs is 1. The number of hydrogen-bond donors (Lipinski definition) is 2. The van der Waals surface area contributed by atoms with E-state index in [9.17, 15) is 19.5 Å². The van der Waals surface area contributed by atoms with E-state index < -0.39 is 5.97 Å². The van der Waals surface area contributed by atoms with E-state index >= 15 is 0 Å². The number of aromatic carboxylic acids is 1. The Kier molecular flexibility index (Phi) is 27.6. The number of carboxylic acids is 1. The standard InChI is InChI=1S/C33H38N4O4.C19H40O10/c38-31-28-30(36(21-24-12-6-2-7-13-24)33(41)37(31)22-25-14-8-3-9-15-25)34-29(26-16-18-27(19-17-26)32(39)40)35(28)20-23-10-4-1-5-11-23;1-21-4-5-23-8-9-25-12-13-27-16-17-29-19-18-28-15-14-26-11-10-24-7-6-22-3-2-20/h1,4-5,10-11,16-19,24-25H,2-3,6-9,12-15,20-22H2,(H,39,40);20H,2-19H2,1H3. The summed E-state index contributed by atoms with van der Waals surface area (Å²) in [6.07, 6.45) is 11.3. The zero-order chi connectivity index (χ0) is 49.4. The Morgan fingerprint density at radius 2 is 0.986 bits per heavy atom. The fourth-order valence-corrected chi connectivity index (χ4v) is 8.62. The lowest BCUT2D eigenvalue weighted by Gasteiger charge is -2.25. The molecule has 0 radical (unpaired) electrons. The second kappa shape index (κ2) is 34.1. The van der Waals surface area contributed by atoms with Gasteiger partial charge in [0.25, 0.3) is 5.56 Å². The lowest BCUT2D eigenvalue weighted by atomic mass is 9.89. The van der Waals surface area contributed by atoms with Gasteiger partial charge in [-0.3, -0.25) is 13.9 Å². The van der Waals surface area contributed by atoms with E-state index in [4.69, 9.17) is 52.7 Å². The second-order valence-corrected chi connectivity index (χ2v) is 17.5. The van der Waals surface area contributed by atoms with Crippen LogP contribution in [0.4, 0.5) is 0 Å². The number of hydrogen-bond acceptors (Lipinski definition) is 14. The predicted molar refractivity (Wildman–Crippen MR) is 265 cm³/mol. The van der Waals surface area contributed by atoms with Gasteiger partial charge in [-0.2, -0.15) is 0 Å². The van der Waals surface area contributed by atoms with Crippen LogP contribution in [0.3, 0.4) is 0 Å². The molecular formula is C52H78N4O14. The number of aliphatic hydroxyl groups excluding tert-OH is 1. The molecule has 2 heterocycles. The van der Waals surface area contributed by atoms with Gasteiger partial charge in [-0.1, -0.05) is 81.0 Å². The SMILES string of the molecule is COCCOCCOCCOCCOCCOCCOCCOCCOCCO.O=C(O)c1ccc(-c2nc3c(c(=O)n(CC4CCCCC4)c(=O)n3CC3CCCCC3)n2Cc2ccccc2)cc1. The van der Waals surface area contributed by atoms with Crippen LogP contribution < -0.4 is 11.2 Å². The minimum atomic E-state index is -0.999. The summed E-state index contributed by atoms with van der Waals surface area (Å²) in [6.45, 7) is 10.3. The molecule has 2 aromatic carbocycles. The molecule has 0 spiro atoms. The number of ether oxygens (including phenoxy) is 9. The Balaban J connectivity index is 0.000000280. The van der Waals surface area contributed by atoms with Crippen LogP contribution in [0, 0.1) is 11.8 Å². The number of imidazole rings is 1. The van der Waals surface area contributed by atoms with Crippen molar-refractivity contribution in [2.24, 2.45) is 11.8 Å². The van der Waals surface area contributed by atoms with Crippen LogP contribution in [0.25, 0.3) is 22.6 Å². The molecule has 0 unspecified atom stereocenters. The summed E-state index contributed by atoms with van der Waals surface area (Å²) in [7, 11) is 1.64. The summed E-state index contributed by atoms with van der Waals surface area (Å²) in [4.78, 5) is 44.9. The highest BCUT2D eigenvalue weighted by molar-refractivity contribution is 5.88. The van der Waals surface area contributed by atoms with Crippen molar-refractivity contribution in [3.63, 3.8) is 0 Å². The summed E-state index contributed by atoms with van der Waals surface area (Å²) in [5.41, 5.74) is 2.23. The number of aromatic nitrogens is 4. The molecule has 18 nitrogen and oxygen atoms in total. The number of rotatable bonds is 34. The minimum absolute atomic E-state index is 0.0322. The summed E-state index contributed by atoms with van der Waals surface area (Å²) in [5, 5.41) is 18.0. The van der Waals surface area contributed by atoms with Crippen LogP contribution in [-0.4, -0.2) is 161 Å². The van der Waals surface area contributed by atoms with Gasteiger partial charge >= 0.3 is 11.7 Å². The fraction of sp³-hybridized carbons (Fsp3) is 0.654. The van der Waals surface area contributed by atoms with Gasteiger partial charge in [0, 0.05) is 32.3 Å². The average Bonchev–Trinajstić information content (AvgIpc) is 3.76. The molecule has 2 fully saturated rings. The van der Waals surface area contributed by atoms with Gasteiger partial charge in [0.15, 0.2) is 11.2 Å². The smallest absolute Gasteiger partial charge is 0.335 e. The molecule has 70 heavy (non-hydrogen) atoms. The Morgan fingerprint density at radius 3 is 1.41 bits per heavy atom. The molecule has 18 heteroatoms. The minimum Gasteiger partial charge on any atom is -0.478 e. The first-order valence-corrected chi connectivity index (χ1v) is 25.2. The van der Waals surface area contributed by atoms with Crippen LogP contribution >= 0.6 is 0 Å². The van der Waals surface area contributed by atoms with Gasteiger partial charge in [-0.15, -0.1) is 0 Å². The number of methoxy groups -OCH3 is 1. The molecule has 2 N–H and O–H groups in total. The Hall–Kier alpha value is -4.34. The number of aliphatic hydroxyl groups is 1. The van der Waals surface area contributed by atoms with Gasteiger partial charge in [0.2, 0.25) is 0 Å². The number of carbonyl (C=O) groups is 1. The summed E-state index contributed by atoms with van der Waals surface area (Å²) in [5.74, 6) is 0.262. The molecule has 390 valence electrons. The largest absolute Gasteiger partial charge is 0.478 e. The first-order valence-electron chi connectivity index (χ1n) is 25.2. The summed E-state index contributed by atoms with van der Waals surface area (Å²) < 4.78 is 52.6. The van der Waals surface area contributed by atoms with Crippen molar-refractivity contribution in [2.45, 2.75) is 83.8 Å². The highest BCUT2D eigenvalue weighted by Gasteiger charge is 2.27. The van der Waals surface area contributed by atoms with Crippen LogP contribution in [0.15, 0.2) is 64.2 Å². The van der Waals surface area contributed by atoms with Gasteiger partial charge < -0.3 is 57.4 Å². The maximum absolute atomic E-state index is 14.3. The van der Waals surface area contributed by atoms with Crippen molar-refractivity contribution >= 4 is 17.1 Å². The molecular weight excluding hydrogens is 905 g/mol. The predicted octanol–water partition coefficient (Wildman–Crippen LogP) is 5.69. The van der Waals surface area contributed by atoms with Gasteiger partial charge in [0.05, 0.1) is 124 Å². The summed E-state index contributed by atoms with van der Waals surface area (Å²) >= 11 is 0. The van der Waals surface area contributed by atoms with E-state index in [1.165, 1.54) is 17.4 Å². The van der Waals surface area contributed by atoms with Crippen molar-refractivity contribution in [2.75, 3.05) is 126 Å². The van der Waals surface area contributed by atoms with Crippen molar-refractivity contribution in [3.8, 4) is 11.4 Å². The Bertz CT molecular complexity index is 2110. The molecule has 4 aromatic rings. The van der Waals surface area contributed by atoms with Crippen molar-refractivity contribution < 1.29 is 57.6 Å². The van der Waals surface area contributed by atoms with Crippen molar-refractivity contribution in [1.29, 1.82) is 0 Å². The lowest BCUT2D eigenvalue weighted by molar-refractivity contribution is -0.0248. The number of benzene rings is 2. The van der Waals surface area contributed by atoms with Crippen molar-refractivity contribution in [3.05, 3.63) is 86.6 Å². The normalized spacial score (nSPS) is 14.5. The molecule has 2 aromatic heterocycles. The molecule has 2 aliphatic rings. The zero-order valence-corrected chi connectivity index (χ0v) is 41.4. The highest BCUT2D eigenvalue weighted by atomic mass is 16.6. The highest BCUT2D eigenvalue weighted by Crippen LogP contribution is 2.29. The molecule has 2 aliphatic carbocycles. The van der Waals surface area contributed by atoms with E-state index in [0.29, 0.717) is 166 Å². The Morgan fingerprint density at radius 1 is 0.557 bits per heavy atom. The molecule has 6 rings (SSSR count). The van der Waals surface area contributed by atoms with Gasteiger partial charge in [0.1, 0.15) is 5.82 Å². The third-order valence-electron chi connectivity index (χ3n) is 12.3. The van der Waals surface area contributed by atoms with Crippen LogP contribution in [0.5, 0.6) is 0 Å². The third kappa shape index (κ3) is 20.0. The van der Waals surface area contributed by atoms with Gasteiger partial charge in [-0.25, -0.2) is 14.6 Å². The fourth-order valence-electron chi connectivity index (χ4n) is 8.62. The maximum atomic E-state index is 14.3. The Labute approximate surface area is 412 Å². The van der Waals surface area contributed by atoms with Crippen molar-refractivity contribution in [1.82, 2.24) is 18.7 Å². The molecule has 0 amide bonds. The maximum Gasteiger partial charge on any atom is 0.335 e. The van der Waals surface area contributed by atoms with Crippen LogP contribution in [-0.2, 0) is 62.3 Å². The molecule has 0 atom stereocenters. The van der Waals surface area contributed by atoms with E-state index in [0.717, 1.165) is 56.9 Å². The lowest BCUT2D eigenvalue weighted by Crippen LogP contribution is -2.43. The van der Waals surface area contributed by atoms with E-state index in [-0.39, 0.29) is 23.4 Å². The van der Waals surface area contributed by atoms with E-state index in [1.807, 2.05) is 34.9 Å². The molecule has 0 aliphatic heterocycles. The number of carboxylic acid groups (broad SMARTS) is 1.